The number of halogens is 2. The smallest absolute Gasteiger partial charge is 0.229 e. The number of aromatic nitrogens is 2. The molecule has 33 heavy (non-hydrogen) atoms. The molecule has 3 heterocycles. The number of benzene rings is 2. The van der Waals surface area contributed by atoms with Crippen molar-refractivity contribution in [2.24, 2.45) is 0 Å². The molecule has 4 aromatic rings. The minimum absolute atomic E-state index is 0.222. The minimum atomic E-state index is -0.561. The van der Waals surface area contributed by atoms with Crippen LogP contribution in [-0.4, -0.2) is 9.97 Å². The highest BCUT2D eigenvalue weighted by atomic mass is 19.1. The van der Waals surface area contributed by atoms with Crippen LogP contribution in [0, 0.1) is 11.6 Å². The Morgan fingerprint density at radius 2 is 1.03 bits per heavy atom. The Kier molecular flexibility index (Phi) is 4.48. The predicted octanol–water partition coefficient (Wildman–Crippen LogP) is 7.17. The number of hydrogen-bond donors (Lipinski definition) is 0. The van der Waals surface area contributed by atoms with Crippen molar-refractivity contribution in [3.63, 3.8) is 0 Å². The molecule has 0 N–H and O–H groups in total. The molecule has 170 valence electrons. The molecule has 0 saturated carbocycles. The van der Waals surface area contributed by atoms with Gasteiger partial charge in [0.2, 0.25) is 11.8 Å². The van der Waals surface area contributed by atoms with Crippen molar-refractivity contribution in [2.45, 2.75) is 57.8 Å². The molecule has 0 amide bonds. The van der Waals surface area contributed by atoms with Gasteiger partial charge in [-0.1, -0.05) is 53.7 Å². The zero-order chi connectivity index (χ0) is 23.8. The molecule has 1 aliphatic rings. The first-order valence-corrected chi connectivity index (χ1v) is 11.0. The molecule has 0 fully saturated rings. The van der Waals surface area contributed by atoms with Crippen molar-refractivity contribution >= 4 is 0 Å². The quantitative estimate of drug-likeness (QED) is 0.286. The van der Waals surface area contributed by atoms with Crippen molar-refractivity contribution in [1.82, 2.24) is 9.97 Å². The third-order valence-electron chi connectivity index (χ3n) is 7.69. The van der Waals surface area contributed by atoms with Crippen LogP contribution < -0.4 is 0 Å². The van der Waals surface area contributed by atoms with Crippen LogP contribution in [0.15, 0.2) is 57.8 Å². The van der Waals surface area contributed by atoms with Crippen molar-refractivity contribution in [3.8, 4) is 22.9 Å². The fourth-order valence-corrected chi connectivity index (χ4v) is 4.33. The molecule has 2 aromatic heterocycles. The van der Waals surface area contributed by atoms with E-state index in [1.165, 1.54) is 12.1 Å². The van der Waals surface area contributed by atoms with E-state index < -0.39 is 27.9 Å². The van der Waals surface area contributed by atoms with Crippen LogP contribution in [0.5, 0.6) is 0 Å². The molecule has 0 aliphatic carbocycles. The van der Waals surface area contributed by atoms with Crippen molar-refractivity contribution in [3.05, 3.63) is 83.1 Å². The molecular formula is C27H26F2N2O2. The first-order valence-electron chi connectivity index (χ1n) is 11.0. The van der Waals surface area contributed by atoms with Crippen LogP contribution in [0.4, 0.5) is 8.78 Å². The van der Waals surface area contributed by atoms with Crippen LogP contribution in [0.3, 0.4) is 0 Å². The highest BCUT2D eigenvalue weighted by Gasteiger charge is 2.44. The zero-order valence-electron chi connectivity index (χ0n) is 19.6. The second-order valence-electron chi connectivity index (χ2n) is 10.3. The van der Waals surface area contributed by atoms with E-state index in [1.807, 2.05) is 41.5 Å². The Bertz CT molecular complexity index is 1270. The lowest BCUT2D eigenvalue weighted by Crippen LogP contribution is -2.41. The lowest BCUT2D eigenvalue weighted by molar-refractivity contribution is 0.287. The van der Waals surface area contributed by atoms with E-state index in [0.29, 0.717) is 22.5 Å². The van der Waals surface area contributed by atoms with E-state index in [4.69, 9.17) is 18.8 Å². The van der Waals surface area contributed by atoms with Gasteiger partial charge in [0.05, 0.1) is 22.5 Å². The summed E-state index contributed by atoms with van der Waals surface area (Å²) in [5.74, 6) is -0.381. The predicted molar refractivity (Wildman–Crippen MR) is 122 cm³/mol. The number of rotatable bonds is 0. The molecule has 4 nitrogen and oxygen atoms in total. The summed E-state index contributed by atoms with van der Waals surface area (Å²) in [7, 11) is 0. The van der Waals surface area contributed by atoms with Gasteiger partial charge in [-0.15, -0.1) is 0 Å². The first kappa shape index (κ1) is 21.6. The van der Waals surface area contributed by atoms with Crippen molar-refractivity contribution < 1.29 is 17.6 Å². The monoisotopic (exact) mass is 448 g/mol. The molecule has 0 saturated heterocycles. The van der Waals surface area contributed by atoms with E-state index in [0.717, 1.165) is 11.1 Å². The summed E-state index contributed by atoms with van der Waals surface area (Å²) in [4.78, 5) is 9.38. The largest absolute Gasteiger partial charge is 0.444 e. The van der Waals surface area contributed by atoms with Crippen LogP contribution in [0.2, 0.25) is 0 Å². The molecule has 5 rings (SSSR count). The van der Waals surface area contributed by atoms with Crippen molar-refractivity contribution in [2.75, 3.05) is 0 Å². The minimum Gasteiger partial charge on any atom is -0.444 e. The van der Waals surface area contributed by atoms with E-state index in [9.17, 15) is 8.78 Å². The van der Waals surface area contributed by atoms with Crippen molar-refractivity contribution in [1.29, 1.82) is 0 Å². The topological polar surface area (TPSA) is 52.1 Å². The second kappa shape index (κ2) is 6.86. The molecule has 2 aromatic carbocycles. The van der Waals surface area contributed by atoms with Gasteiger partial charge in [-0.05, 0) is 35.4 Å². The van der Waals surface area contributed by atoms with Gasteiger partial charge in [-0.3, -0.25) is 0 Å². The number of oxazole rings is 2. The highest BCUT2D eigenvalue weighted by molar-refractivity contribution is 5.61. The van der Waals surface area contributed by atoms with Gasteiger partial charge in [-0.25, -0.2) is 18.7 Å². The number of nitrogens with zero attached hydrogens (tertiary/aromatic N) is 2. The maximum atomic E-state index is 14.9. The second-order valence-corrected chi connectivity index (χ2v) is 10.3. The Morgan fingerprint density at radius 3 is 1.42 bits per heavy atom. The molecular weight excluding hydrogens is 422 g/mol. The average Bonchev–Trinajstić information content (AvgIpc) is 3.44. The summed E-state index contributed by atoms with van der Waals surface area (Å²) in [6, 6.07) is 9.84. The maximum absolute atomic E-state index is 14.9. The third kappa shape index (κ3) is 3.07. The SMILES string of the molecule is CC1(C)c2ccc(F)c(c2)-c2nc(co2)C(C)(C)C(C)(C)c2coc(n2)-c2cc1ccc2F. The molecule has 8 bridgehead atoms. The zero-order valence-corrected chi connectivity index (χ0v) is 19.6. The Hall–Kier alpha value is -3.28. The van der Waals surface area contributed by atoms with Crippen LogP contribution in [-0.2, 0) is 16.2 Å². The van der Waals surface area contributed by atoms with Gasteiger partial charge in [0.25, 0.3) is 0 Å². The molecule has 0 spiro atoms. The Balaban J connectivity index is 1.85. The first-order chi connectivity index (χ1) is 15.4. The van der Waals surface area contributed by atoms with Gasteiger partial charge in [-0.2, -0.15) is 0 Å². The summed E-state index contributed by atoms with van der Waals surface area (Å²) in [5.41, 5.74) is 1.93. The van der Waals surface area contributed by atoms with Crippen LogP contribution >= 0.6 is 0 Å². The number of hydrogen-bond acceptors (Lipinski definition) is 4. The molecule has 6 heteroatoms. The van der Waals surface area contributed by atoms with Gasteiger partial charge in [0.1, 0.15) is 24.2 Å². The fraction of sp³-hybridized carbons (Fsp3) is 0.333. The van der Waals surface area contributed by atoms with Gasteiger partial charge < -0.3 is 8.83 Å². The fourth-order valence-electron chi connectivity index (χ4n) is 4.33. The molecule has 1 aliphatic heterocycles. The molecule has 0 radical (unpaired) electrons. The van der Waals surface area contributed by atoms with E-state index in [-0.39, 0.29) is 11.8 Å². The lowest BCUT2D eigenvalue weighted by atomic mass is 9.64. The van der Waals surface area contributed by atoms with Crippen LogP contribution in [0.25, 0.3) is 22.9 Å². The van der Waals surface area contributed by atoms with Gasteiger partial charge in [0.15, 0.2) is 0 Å². The molecule has 0 atom stereocenters. The number of fused-ring (bicyclic) bond motifs is 10. The normalized spacial score (nSPS) is 17.8. The summed E-state index contributed by atoms with van der Waals surface area (Å²) in [5, 5.41) is 0. The maximum Gasteiger partial charge on any atom is 0.229 e. The summed E-state index contributed by atoms with van der Waals surface area (Å²) in [6.07, 6.45) is 3.15. The Morgan fingerprint density at radius 1 is 0.636 bits per heavy atom. The standard InChI is InChI=1S/C27H26F2N2O2/c1-25(2)15-7-9-19(28)17(11-15)23-30-21(13-32-23)26(3,4)27(5,6)22-14-33-24(31-22)18-12-16(25)8-10-20(18)29/h7-14H,1-6H3. The lowest BCUT2D eigenvalue weighted by Gasteiger charge is -2.38. The van der Waals surface area contributed by atoms with E-state index >= 15 is 0 Å². The van der Waals surface area contributed by atoms with E-state index in [2.05, 4.69) is 0 Å². The summed E-state index contributed by atoms with van der Waals surface area (Å²) < 4.78 is 41.4. The summed E-state index contributed by atoms with van der Waals surface area (Å²) in [6.45, 7) is 12.1. The average molecular weight is 449 g/mol. The third-order valence-corrected chi connectivity index (χ3v) is 7.69. The summed E-state index contributed by atoms with van der Waals surface area (Å²) >= 11 is 0. The highest BCUT2D eigenvalue weighted by Crippen LogP contribution is 2.45. The van der Waals surface area contributed by atoms with E-state index in [1.54, 1.807) is 36.8 Å². The Labute approximate surface area is 191 Å². The molecule has 0 unspecified atom stereocenters. The van der Waals surface area contributed by atoms with Gasteiger partial charge >= 0.3 is 0 Å². The van der Waals surface area contributed by atoms with Gasteiger partial charge in [0, 0.05) is 16.2 Å². The van der Waals surface area contributed by atoms with Crippen LogP contribution in [0.1, 0.15) is 64.1 Å².